The summed E-state index contributed by atoms with van der Waals surface area (Å²) in [6.45, 7) is 6.17. The largest absolute Gasteiger partial charge is 0.493 e. The van der Waals surface area contributed by atoms with Gasteiger partial charge in [-0.2, -0.15) is 0 Å². The zero-order chi connectivity index (χ0) is 21.1. The molecule has 7 nitrogen and oxygen atoms in total. The number of sulfonamides is 1. The average molecular weight is 417 g/mol. The Morgan fingerprint density at radius 3 is 2.62 bits per heavy atom. The molecule has 8 heteroatoms. The van der Waals surface area contributed by atoms with Crippen molar-refractivity contribution in [2.75, 3.05) is 6.61 Å². The van der Waals surface area contributed by atoms with Crippen molar-refractivity contribution in [1.29, 1.82) is 0 Å². The van der Waals surface area contributed by atoms with Gasteiger partial charge in [0, 0.05) is 17.5 Å². The van der Waals surface area contributed by atoms with Crippen LogP contribution in [0.15, 0.2) is 58.4 Å². The smallest absolute Gasteiger partial charge is 0.241 e. The van der Waals surface area contributed by atoms with Gasteiger partial charge in [-0.15, -0.1) is 0 Å². The molecule has 1 heterocycles. The lowest BCUT2D eigenvalue weighted by Crippen LogP contribution is -2.40. The van der Waals surface area contributed by atoms with Crippen LogP contribution in [-0.2, 0) is 16.6 Å². The van der Waals surface area contributed by atoms with Crippen molar-refractivity contribution < 1.29 is 13.2 Å². The van der Waals surface area contributed by atoms with E-state index in [-0.39, 0.29) is 23.4 Å². The standard InChI is InChI=1S/C21H28N4O3S/c1-21(2,3)25-29(26,27)19-11-7-4-8-15(19)14-23-20(22)24-17-12-13-28-18-10-6-5-9-16(17)18/h4-11,17,25H,12-14H2,1-3H3,(H3,22,23,24). The Hall–Kier alpha value is -2.58. The van der Waals surface area contributed by atoms with Gasteiger partial charge in [0.15, 0.2) is 5.96 Å². The minimum atomic E-state index is -3.66. The molecule has 0 fully saturated rings. The second kappa shape index (κ2) is 8.42. The molecule has 1 unspecified atom stereocenters. The van der Waals surface area contributed by atoms with Crippen LogP contribution in [0.4, 0.5) is 0 Å². The van der Waals surface area contributed by atoms with Crippen LogP contribution >= 0.6 is 0 Å². The van der Waals surface area contributed by atoms with Gasteiger partial charge in [-0.25, -0.2) is 18.1 Å². The molecule has 0 aliphatic carbocycles. The summed E-state index contributed by atoms with van der Waals surface area (Å²) in [5.74, 6) is 1.11. The highest BCUT2D eigenvalue weighted by Crippen LogP contribution is 2.31. The molecular weight excluding hydrogens is 388 g/mol. The Bertz CT molecular complexity index is 997. The molecule has 0 aromatic heterocycles. The molecule has 1 aliphatic rings. The predicted octanol–water partition coefficient (Wildman–Crippen LogP) is 2.69. The minimum absolute atomic E-state index is 0.00485. The summed E-state index contributed by atoms with van der Waals surface area (Å²) in [6.07, 6.45) is 0.772. The summed E-state index contributed by atoms with van der Waals surface area (Å²) in [6, 6.07) is 14.6. The third-order valence-corrected chi connectivity index (χ3v) is 6.26. The quantitative estimate of drug-likeness (QED) is 0.513. The van der Waals surface area contributed by atoms with Gasteiger partial charge in [-0.05, 0) is 38.5 Å². The molecule has 3 rings (SSSR count). The van der Waals surface area contributed by atoms with Gasteiger partial charge in [-0.1, -0.05) is 36.4 Å². The van der Waals surface area contributed by atoms with E-state index in [1.54, 1.807) is 45.0 Å². The molecule has 29 heavy (non-hydrogen) atoms. The van der Waals surface area contributed by atoms with Crippen LogP contribution < -0.4 is 20.5 Å². The van der Waals surface area contributed by atoms with Crippen LogP contribution in [0.2, 0.25) is 0 Å². The van der Waals surface area contributed by atoms with E-state index in [0.717, 1.165) is 17.7 Å². The maximum absolute atomic E-state index is 12.7. The number of ether oxygens (including phenoxy) is 1. The van der Waals surface area contributed by atoms with Gasteiger partial charge in [0.25, 0.3) is 0 Å². The van der Waals surface area contributed by atoms with Crippen molar-refractivity contribution in [3.05, 3.63) is 59.7 Å². The highest BCUT2D eigenvalue weighted by molar-refractivity contribution is 7.89. The molecule has 0 amide bonds. The van der Waals surface area contributed by atoms with Crippen molar-refractivity contribution in [2.45, 2.75) is 50.2 Å². The molecule has 0 radical (unpaired) electrons. The van der Waals surface area contributed by atoms with Crippen LogP contribution in [0.3, 0.4) is 0 Å². The molecular formula is C21H28N4O3S. The van der Waals surface area contributed by atoms with Crippen molar-refractivity contribution >= 4 is 16.0 Å². The first kappa shape index (κ1) is 21.1. The Morgan fingerprint density at radius 1 is 1.17 bits per heavy atom. The van der Waals surface area contributed by atoms with Crippen molar-refractivity contribution in [2.24, 2.45) is 10.7 Å². The summed E-state index contributed by atoms with van der Waals surface area (Å²) in [4.78, 5) is 4.59. The normalized spacial score (nSPS) is 17.3. The number of para-hydroxylation sites is 1. The third-order valence-electron chi connectivity index (χ3n) is 4.40. The fraction of sp³-hybridized carbons (Fsp3) is 0.381. The number of hydrogen-bond acceptors (Lipinski definition) is 4. The lowest BCUT2D eigenvalue weighted by molar-refractivity contribution is 0.262. The topological polar surface area (TPSA) is 106 Å². The molecule has 2 aromatic rings. The number of nitrogens with zero attached hydrogens (tertiary/aromatic N) is 1. The maximum Gasteiger partial charge on any atom is 0.241 e. The molecule has 0 spiro atoms. The fourth-order valence-electron chi connectivity index (χ4n) is 3.24. The number of rotatable bonds is 5. The molecule has 0 bridgehead atoms. The maximum atomic E-state index is 12.7. The highest BCUT2D eigenvalue weighted by atomic mass is 32.2. The fourth-order valence-corrected chi connectivity index (χ4v) is 4.89. The summed E-state index contributed by atoms with van der Waals surface area (Å²) in [7, 11) is -3.66. The van der Waals surface area contributed by atoms with Crippen molar-refractivity contribution in [3.8, 4) is 5.75 Å². The van der Waals surface area contributed by atoms with Crippen molar-refractivity contribution in [1.82, 2.24) is 10.0 Å². The molecule has 0 saturated carbocycles. The first-order valence-electron chi connectivity index (χ1n) is 9.56. The van der Waals surface area contributed by atoms with Gasteiger partial charge >= 0.3 is 0 Å². The Labute approximate surface area is 172 Å². The number of benzene rings is 2. The summed E-state index contributed by atoms with van der Waals surface area (Å²) < 4.78 is 33.8. The van der Waals surface area contributed by atoms with E-state index in [0.29, 0.717) is 12.2 Å². The van der Waals surface area contributed by atoms with Gasteiger partial charge in [0.2, 0.25) is 10.0 Å². The van der Waals surface area contributed by atoms with E-state index in [1.165, 1.54) is 0 Å². The monoisotopic (exact) mass is 416 g/mol. The van der Waals surface area contributed by atoms with E-state index in [9.17, 15) is 8.42 Å². The van der Waals surface area contributed by atoms with E-state index < -0.39 is 15.6 Å². The zero-order valence-electron chi connectivity index (χ0n) is 17.0. The Balaban J connectivity index is 1.76. The second-order valence-electron chi connectivity index (χ2n) is 8.04. The molecule has 2 aromatic carbocycles. The lowest BCUT2D eigenvalue weighted by Gasteiger charge is -2.27. The van der Waals surface area contributed by atoms with Crippen LogP contribution in [-0.4, -0.2) is 26.5 Å². The summed E-state index contributed by atoms with van der Waals surface area (Å²) in [5, 5.41) is 3.22. The van der Waals surface area contributed by atoms with Crippen LogP contribution in [0.1, 0.15) is 44.4 Å². The van der Waals surface area contributed by atoms with Gasteiger partial charge in [0.1, 0.15) is 5.75 Å². The molecule has 1 aliphatic heterocycles. The van der Waals surface area contributed by atoms with Crippen LogP contribution in [0.5, 0.6) is 5.75 Å². The van der Waals surface area contributed by atoms with Gasteiger partial charge < -0.3 is 15.8 Å². The van der Waals surface area contributed by atoms with E-state index in [2.05, 4.69) is 15.0 Å². The highest BCUT2D eigenvalue weighted by Gasteiger charge is 2.24. The summed E-state index contributed by atoms with van der Waals surface area (Å²) >= 11 is 0. The van der Waals surface area contributed by atoms with Crippen molar-refractivity contribution in [3.63, 3.8) is 0 Å². The minimum Gasteiger partial charge on any atom is -0.493 e. The Morgan fingerprint density at radius 2 is 1.86 bits per heavy atom. The van der Waals surface area contributed by atoms with E-state index >= 15 is 0 Å². The number of aliphatic imine (C=N–C) groups is 1. The summed E-state index contributed by atoms with van der Waals surface area (Å²) in [5.41, 5.74) is 7.15. The van der Waals surface area contributed by atoms with Gasteiger partial charge in [-0.3, -0.25) is 0 Å². The number of guanidine groups is 1. The zero-order valence-corrected chi connectivity index (χ0v) is 17.8. The average Bonchev–Trinajstić information content (AvgIpc) is 2.65. The number of hydrogen-bond donors (Lipinski definition) is 3. The van der Waals surface area contributed by atoms with E-state index in [4.69, 9.17) is 10.5 Å². The van der Waals surface area contributed by atoms with Gasteiger partial charge in [0.05, 0.1) is 24.1 Å². The Kier molecular flexibility index (Phi) is 6.14. The van der Waals surface area contributed by atoms with Crippen LogP contribution in [0.25, 0.3) is 0 Å². The van der Waals surface area contributed by atoms with E-state index in [1.807, 2.05) is 24.3 Å². The molecule has 1 atom stereocenters. The first-order valence-corrected chi connectivity index (χ1v) is 11.0. The molecule has 156 valence electrons. The number of nitrogens with one attached hydrogen (secondary N) is 2. The molecule has 0 saturated heterocycles. The third kappa shape index (κ3) is 5.48. The van der Waals surface area contributed by atoms with Crippen LogP contribution in [0, 0.1) is 0 Å². The lowest BCUT2D eigenvalue weighted by atomic mass is 10.0. The second-order valence-corrected chi connectivity index (χ2v) is 9.69. The molecule has 4 N–H and O–H groups in total. The first-order chi connectivity index (χ1) is 13.7. The number of fused-ring (bicyclic) bond motifs is 1. The predicted molar refractivity (Wildman–Crippen MR) is 114 cm³/mol. The SMILES string of the molecule is CC(C)(C)NS(=O)(=O)c1ccccc1CN=C(N)NC1CCOc2ccccc21. The number of nitrogens with two attached hydrogens (primary N) is 1.